The van der Waals surface area contributed by atoms with Gasteiger partial charge in [0.15, 0.2) is 11.0 Å². The van der Waals surface area contributed by atoms with Crippen molar-refractivity contribution in [2.24, 2.45) is 4.99 Å². The van der Waals surface area contributed by atoms with Gasteiger partial charge in [-0.05, 0) is 66.4 Å². The number of allylic oxidation sites excluding steroid dienone is 1. The second kappa shape index (κ2) is 10.2. The number of amidine groups is 1. The lowest BCUT2D eigenvalue weighted by molar-refractivity contribution is 0.104. The Balaban J connectivity index is 1.33. The summed E-state index contributed by atoms with van der Waals surface area (Å²) in [6.07, 6.45) is 6.54. The number of hydrogen-bond acceptors (Lipinski definition) is 6. The predicted octanol–water partition coefficient (Wildman–Crippen LogP) is 6.79. The van der Waals surface area contributed by atoms with Crippen LogP contribution < -0.4 is 5.32 Å². The Morgan fingerprint density at radius 1 is 1.12 bits per heavy atom. The maximum absolute atomic E-state index is 12.9. The molecule has 170 valence electrons. The average Bonchev–Trinajstić information content (AvgIpc) is 3.64. The number of aliphatic imine (C=N–C) groups is 1. The van der Waals surface area contributed by atoms with Crippen LogP contribution in [0.2, 0.25) is 0 Å². The van der Waals surface area contributed by atoms with E-state index in [0.717, 1.165) is 45.6 Å². The van der Waals surface area contributed by atoms with Crippen LogP contribution in [0.25, 0.3) is 22.3 Å². The van der Waals surface area contributed by atoms with Crippen molar-refractivity contribution in [1.82, 2.24) is 9.78 Å². The first kappa shape index (κ1) is 22.4. The Hall–Kier alpha value is -3.42. The van der Waals surface area contributed by atoms with Crippen molar-refractivity contribution < 1.29 is 4.79 Å². The minimum absolute atomic E-state index is 0.0465. The van der Waals surface area contributed by atoms with Crippen LogP contribution in [-0.4, -0.2) is 32.5 Å². The molecule has 0 spiro atoms. The Morgan fingerprint density at radius 3 is 2.65 bits per heavy atom. The first-order valence-electron chi connectivity index (χ1n) is 11.2. The third-order valence-electron chi connectivity index (χ3n) is 5.52. The molecular weight excluding hydrogens is 460 g/mol. The fourth-order valence-electron chi connectivity index (χ4n) is 3.63. The average molecular weight is 485 g/mol. The molecule has 2 aromatic carbocycles. The number of para-hydroxylation sites is 1. The normalized spacial score (nSPS) is 15.6. The first-order chi connectivity index (χ1) is 16.7. The summed E-state index contributed by atoms with van der Waals surface area (Å²) >= 11 is 3.41. The highest BCUT2D eigenvalue weighted by Crippen LogP contribution is 2.29. The molecule has 7 heteroatoms. The smallest absolute Gasteiger partial charge is 0.185 e. The number of nitrogens with zero attached hydrogens (tertiary/aromatic N) is 3. The molecule has 34 heavy (non-hydrogen) atoms. The van der Waals surface area contributed by atoms with Crippen molar-refractivity contribution >= 4 is 45.8 Å². The van der Waals surface area contributed by atoms with Crippen molar-refractivity contribution in [2.45, 2.75) is 18.6 Å². The van der Waals surface area contributed by atoms with E-state index in [-0.39, 0.29) is 5.78 Å². The molecule has 5 rings (SSSR count). The van der Waals surface area contributed by atoms with Crippen molar-refractivity contribution in [3.63, 3.8) is 0 Å². The SMILES string of the molecule is CC[C@H]1CN=C(Nc2ccc(C(=O)/C=C/c3cn(-c4ccccc4)nc3-c3cccs3)cc2)S1. The van der Waals surface area contributed by atoms with Gasteiger partial charge in [0.05, 0.1) is 17.1 Å². The Bertz CT molecular complexity index is 1320. The number of carbonyl (C=O) groups is 1. The molecule has 0 fully saturated rings. The molecule has 5 nitrogen and oxygen atoms in total. The molecule has 0 unspecified atom stereocenters. The molecule has 0 saturated carbocycles. The van der Waals surface area contributed by atoms with Crippen molar-refractivity contribution in [3.8, 4) is 16.3 Å². The molecule has 4 aromatic rings. The van der Waals surface area contributed by atoms with E-state index in [1.165, 1.54) is 0 Å². The van der Waals surface area contributed by atoms with Gasteiger partial charge in [-0.3, -0.25) is 9.79 Å². The minimum Gasteiger partial charge on any atom is -0.335 e. The second-order valence-corrected chi connectivity index (χ2v) is 10.1. The van der Waals surface area contributed by atoms with Crippen LogP contribution in [0.4, 0.5) is 5.69 Å². The topological polar surface area (TPSA) is 59.3 Å². The Labute approximate surface area is 207 Å². The fourth-order valence-corrected chi connectivity index (χ4v) is 5.32. The zero-order chi connectivity index (χ0) is 23.3. The van der Waals surface area contributed by atoms with Gasteiger partial charge in [-0.15, -0.1) is 11.3 Å². The van der Waals surface area contributed by atoms with Crippen LogP contribution in [0.3, 0.4) is 0 Å². The van der Waals surface area contributed by atoms with Crippen molar-refractivity contribution in [2.75, 3.05) is 11.9 Å². The van der Waals surface area contributed by atoms with Crippen LogP contribution >= 0.6 is 23.1 Å². The fraction of sp³-hybridized carbons (Fsp3) is 0.148. The molecule has 0 saturated heterocycles. The molecule has 0 radical (unpaired) electrons. The summed E-state index contributed by atoms with van der Waals surface area (Å²) in [5.41, 5.74) is 4.32. The summed E-state index contributed by atoms with van der Waals surface area (Å²) in [7, 11) is 0. The van der Waals surface area contributed by atoms with Crippen molar-refractivity contribution in [1.29, 1.82) is 0 Å². The summed E-state index contributed by atoms with van der Waals surface area (Å²) in [5, 5.41) is 11.7. The summed E-state index contributed by atoms with van der Waals surface area (Å²) in [6, 6.07) is 21.6. The van der Waals surface area contributed by atoms with Gasteiger partial charge in [0.2, 0.25) is 0 Å². The molecule has 0 bridgehead atoms. The van der Waals surface area contributed by atoms with E-state index in [1.807, 2.05) is 89.1 Å². The zero-order valence-electron chi connectivity index (χ0n) is 18.7. The lowest BCUT2D eigenvalue weighted by Gasteiger charge is -2.07. The Morgan fingerprint density at radius 2 is 1.94 bits per heavy atom. The van der Waals surface area contributed by atoms with Gasteiger partial charge in [-0.2, -0.15) is 5.10 Å². The maximum atomic E-state index is 12.9. The number of hydrogen-bond donors (Lipinski definition) is 1. The maximum Gasteiger partial charge on any atom is 0.185 e. The van der Waals surface area contributed by atoms with E-state index in [4.69, 9.17) is 5.10 Å². The lowest BCUT2D eigenvalue weighted by atomic mass is 10.1. The number of benzene rings is 2. The van der Waals surface area contributed by atoms with Gasteiger partial charge in [0, 0.05) is 28.3 Å². The number of thioether (sulfide) groups is 1. The summed E-state index contributed by atoms with van der Waals surface area (Å²) in [5.74, 6) is -0.0465. The molecule has 2 aromatic heterocycles. The van der Waals surface area contributed by atoms with Crippen LogP contribution in [0.15, 0.2) is 89.4 Å². The molecule has 3 heterocycles. The van der Waals surface area contributed by atoms with Gasteiger partial charge in [-0.25, -0.2) is 4.68 Å². The number of thiophene rings is 1. The number of aromatic nitrogens is 2. The molecule has 1 aliphatic heterocycles. The number of carbonyl (C=O) groups excluding carboxylic acids is 1. The van der Waals surface area contributed by atoms with E-state index in [2.05, 4.69) is 17.2 Å². The van der Waals surface area contributed by atoms with Crippen LogP contribution in [0, 0.1) is 0 Å². The van der Waals surface area contributed by atoms with E-state index >= 15 is 0 Å². The predicted molar refractivity (Wildman–Crippen MR) is 144 cm³/mol. The summed E-state index contributed by atoms with van der Waals surface area (Å²) in [6.45, 7) is 3.04. The number of anilines is 1. The largest absolute Gasteiger partial charge is 0.335 e. The molecule has 1 N–H and O–H groups in total. The molecule has 0 aliphatic carbocycles. The van der Waals surface area contributed by atoms with E-state index in [0.29, 0.717) is 10.8 Å². The van der Waals surface area contributed by atoms with Crippen LogP contribution in [-0.2, 0) is 0 Å². The van der Waals surface area contributed by atoms with Gasteiger partial charge in [0.25, 0.3) is 0 Å². The summed E-state index contributed by atoms with van der Waals surface area (Å²) in [4.78, 5) is 18.5. The van der Waals surface area contributed by atoms with Gasteiger partial charge >= 0.3 is 0 Å². The minimum atomic E-state index is -0.0465. The standard InChI is InChI=1S/C27H24N4OS2/c1-2-23-17-28-27(34-23)29-21-13-10-19(11-14-21)24(32)15-12-20-18-31(22-7-4-3-5-8-22)30-26(20)25-9-6-16-33-25/h3-16,18,23H,2,17H2,1H3,(H,28,29)/b15-12+/t23-/m0/s1. The number of nitrogens with one attached hydrogen (secondary N) is 1. The highest BCUT2D eigenvalue weighted by atomic mass is 32.2. The van der Waals surface area contributed by atoms with E-state index in [1.54, 1.807) is 29.2 Å². The van der Waals surface area contributed by atoms with Crippen molar-refractivity contribution in [3.05, 3.63) is 95.5 Å². The molecular formula is C27H24N4OS2. The van der Waals surface area contributed by atoms with Gasteiger partial charge < -0.3 is 5.32 Å². The molecule has 0 amide bonds. The monoisotopic (exact) mass is 484 g/mol. The van der Waals surface area contributed by atoms with Crippen LogP contribution in [0.1, 0.15) is 29.3 Å². The van der Waals surface area contributed by atoms with E-state index in [9.17, 15) is 4.79 Å². The highest BCUT2D eigenvalue weighted by Gasteiger charge is 2.17. The van der Waals surface area contributed by atoms with Gasteiger partial charge in [0.1, 0.15) is 5.69 Å². The van der Waals surface area contributed by atoms with Gasteiger partial charge in [-0.1, -0.05) is 43.0 Å². The quantitative estimate of drug-likeness (QED) is 0.232. The number of rotatable bonds is 7. The molecule has 1 atom stereocenters. The zero-order valence-corrected chi connectivity index (χ0v) is 20.4. The first-order valence-corrected chi connectivity index (χ1v) is 12.9. The third kappa shape index (κ3) is 5.05. The third-order valence-corrected chi connectivity index (χ3v) is 7.67. The van der Waals surface area contributed by atoms with Crippen LogP contribution in [0.5, 0.6) is 0 Å². The summed E-state index contributed by atoms with van der Waals surface area (Å²) < 4.78 is 1.85. The lowest BCUT2D eigenvalue weighted by Crippen LogP contribution is -2.07. The second-order valence-electron chi connectivity index (χ2n) is 7.88. The molecule has 1 aliphatic rings. The van der Waals surface area contributed by atoms with E-state index < -0.39 is 0 Å². The highest BCUT2D eigenvalue weighted by molar-refractivity contribution is 8.15. The number of ketones is 1. The Kier molecular flexibility index (Phi) is 6.74.